The van der Waals surface area contributed by atoms with Crippen LogP contribution in [0.25, 0.3) is 11.1 Å². The van der Waals surface area contributed by atoms with Crippen molar-refractivity contribution >= 4 is 5.69 Å². The van der Waals surface area contributed by atoms with E-state index in [1.807, 2.05) is 12.1 Å². The van der Waals surface area contributed by atoms with E-state index >= 15 is 0 Å². The number of halogens is 1. The first-order valence-electron chi connectivity index (χ1n) is 6.37. The standard InChI is InChI=1S/C15H15FN2O/c16-15-6-3-13(11-17-15)12-1-4-14(5-2-12)18-7-9-19-10-8-18/h1-6,11H,7-10H2. The third-order valence-electron chi connectivity index (χ3n) is 3.30. The van der Waals surface area contributed by atoms with E-state index < -0.39 is 5.95 Å². The molecule has 1 aromatic carbocycles. The predicted octanol–water partition coefficient (Wildman–Crippen LogP) is 2.72. The van der Waals surface area contributed by atoms with Crippen LogP contribution in [0.3, 0.4) is 0 Å². The number of hydrogen-bond acceptors (Lipinski definition) is 3. The molecule has 3 rings (SSSR count). The van der Waals surface area contributed by atoms with Crippen molar-refractivity contribution in [3.05, 3.63) is 48.5 Å². The highest BCUT2D eigenvalue weighted by molar-refractivity contribution is 5.65. The van der Waals surface area contributed by atoms with E-state index in [0.29, 0.717) is 0 Å². The van der Waals surface area contributed by atoms with Gasteiger partial charge in [0.15, 0.2) is 0 Å². The van der Waals surface area contributed by atoms with E-state index in [4.69, 9.17) is 4.74 Å². The summed E-state index contributed by atoms with van der Waals surface area (Å²) in [5, 5.41) is 0. The Kier molecular flexibility index (Phi) is 3.42. The number of hydrogen-bond donors (Lipinski definition) is 0. The van der Waals surface area contributed by atoms with Crippen molar-refractivity contribution < 1.29 is 9.13 Å². The van der Waals surface area contributed by atoms with E-state index in [1.165, 1.54) is 11.8 Å². The third-order valence-corrected chi connectivity index (χ3v) is 3.30. The zero-order valence-electron chi connectivity index (χ0n) is 10.6. The Balaban J connectivity index is 1.80. The number of aromatic nitrogens is 1. The molecule has 1 aliphatic rings. The predicted molar refractivity (Wildman–Crippen MR) is 72.7 cm³/mol. The van der Waals surface area contributed by atoms with Gasteiger partial charge in [-0.15, -0.1) is 0 Å². The SMILES string of the molecule is Fc1ccc(-c2ccc(N3CCOCC3)cc2)cn1. The molecule has 0 atom stereocenters. The molecule has 0 amide bonds. The second-order valence-electron chi connectivity index (χ2n) is 4.52. The van der Waals surface area contributed by atoms with Gasteiger partial charge in [0.05, 0.1) is 13.2 Å². The molecule has 3 nitrogen and oxygen atoms in total. The van der Waals surface area contributed by atoms with Gasteiger partial charge >= 0.3 is 0 Å². The number of pyridine rings is 1. The number of nitrogens with zero attached hydrogens (tertiary/aromatic N) is 2. The molecule has 98 valence electrons. The first kappa shape index (κ1) is 12.1. The third kappa shape index (κ3) is 2.74. The van der Waals surface area contributed by atoms with Crippen molar-refractivity contribution in [1.29, 1.82) is 0 Å². The van der Waals surface area contributed by atoms with Gasteiger partial charge in [0.2, 0.25) is 5.95 Å². The van der Waals surface area contributed by atoms with Crippen LogP contribution in [0, 0.1) is 5.95 Å². The molecule has 2 heterocycles. The van der Waals surface area contributed by atoms with E-state index in [0.717, 1.165) is 37.4 Å². The summed E-state index contributed by atoms with van der Waals surface area (Å²) in [6.07, 6.45) is 1.55. The molecule has 1 saturated heterocycles. The van der Waals surface area contributed by atoms with Gasteiger partial charge in [0.25, 0.3) is 0 Å². The molecule has 0 N–H and O–H groups in total. The number of benzene rings is 1. The van der Waals surface area contributed by atoms with Gasteiger partial charge in [0, 0.05) is 30.5 Å². The van der Waals surface area contributed by atoms with Crippen molar-refractivity contribution in [2.45, 2.75) is 0 Å². The maximum absolute atomic E-state index is 12.8. The molecule has 1 aromatic heterocycles. The van der Waals surface area contributed by atoms with Gasteiger partial charge in [-0.05, 0) is 29.8 Å². The summed E-state index contributed by atoms with van der Waals surface area (Å²) in [6, 6.07) is 11.4. The van der Waals surface area contributed by atoms with E-state index in [-0.39, 0.29) is 0 Å². The fourth-order valence-corrected chi connectivity index (χ4v) is 2.23. The fraction of sp³-hybridized carbons (Fsp3) is 0.267. The van der Waals surface area contributed by atoms with Gasteiger partial charge in [-0.1, -0.05) is 12.1 Å². The molecule has 1 fully saturated rings. The Morgan fingerprint density at radius 2 is 1.63 bits per heavy atom. The van der Waals surface area contributed by atoms with Crippen LogP contribution in [-0.2, 0) is 4.74 Å². The summed E-state index contributed by atoms with van der Waals surface area (Å²) in [7, 11) is 0. The maximum atomic E-state index is 12.8. The molecule has 0 unspecified atom stereocenters. The molecule has 1 aliphatic heterocycles. The fourth-order valence-electron chi connectivity index (χ4n) is 2.23. The average Bonchev–Trinajstić information content (AvgIpc) is 2.49. The first-order valence-corrected chi connectivity index (χ1v) is 6.37. The molecular formula is C15H15FN2O. The van der Waals surface area contributed by atoms with Crippen molar-refractivity contribution in [2.75, 3.05) is 31.2 Å². The molecule has 4 heteroatoms. The summed E-state index contributed by atoms with van der Waals surface area (Å²) in [4.78, 5) is 5.98. The highest BCUT2D eigenvalue weighted by Crippen LogP contribution is 2.23. The Morgan fingerprint density at radius 3 is 2.26 bits per heavy atom. The molecule has 2 aromatic rings. The van der Waals surface area contributed by atoms with Gasteiger partial charge in [-0.25, -0.2) is 4.98 Å². The monoisotopic (exact) mass is 258 g/mol. The summed E-state index contributed by atoms with van der Waals surface area (Å²) in [5.74, 6) is -0.450. The molecule has 0 bridgehead atoms. The highest BCUT2D eigenvalue weighted by Gasteiger charge is 2.10. The summed E-state index contributed by atoms with van der Waals surface area (Å²) in [6.45, 7) is 3.42. The molecular weight excluding hydrogens is 243 g/mol. The first-order chi connectivity index (χ1) is 9.33. The van der Waals surface area contributed by atoms with Crippen LogP contribution in [0.5, 0.6) is 0 Å². The lowest BCUT2D eigenvalue weighted by Crippen LogP contribution is -2.36. The Bertz CT molecular complexity index is 533. The van der Waals surface area contributed by atoms with Crippen LogP contribution in [0.15, 0.2) is 42.6 Å². The lowest BCUT2D eigenvalue weighted by atomic mass is 10.1. The molecule has 19 heavy (non-hydrogen) atoms. The minimum absolute atomic E-state index is 0.450. The smallest absolute Gasteiger partial charge is 0.212 e. The second-order valence-corrected chi connectivity index (χ2v) is 4.52. The average molecular weight is 258 g/mol. The van der Waals surface area contributed by atoms with Crippen LogP contribution in [0.1, 0.15) is 0 Å². The maximum Gasteiger partial charge on any atom is 0.212 e. The molecule has 0 saturated carbocycles. The minimum Gasteiger partial charge on any atom is -0.378 e. The van der Waals surface area contributed by atoms with Gasteiger partial charge in [-0.2, -0.15) is 4.39 Å². The van der Waals surface area contributed by atoms with Crippen molar-refractivity contribution in [2.24, 2.45) is 0 Å². The van der Waals surface area contributed by atoms with Crippen LogP contribution < -0.4 is 4.90 Å². The Labute approximate surface area is 111 Å². The molecule has 0 spiro atoms. The Hall–Kier alpha value is -1.94. The minimum atomic E-state index is -0.450. The van der Waals surface area contributed by atoms with E-state index in [1.54, 1.807) is 12.3 Å². The zero-order valence-corrected chi connectivity index (χ0v) is 10.6. The van der Waals surface area contributed by atoms with Crippen LogP contribution in [-0.4, -0.2) is 31.3 Å². The lowest BCUT2D eigenvalue weighted by molar-refractivity contribution is 0.122. The van der Waals surface area contributed by atoms with Crippen LogP contribution in [0.4, 0.5) is 10.1 Å². The van der Waals surface area contributed by atoms with E-state index in [9.17, 15) is 4.39 Å². The van der Waals surface area contributed by atoms with Crippen LogP contribution >= 0.6 is 0 Å². The summed E-state index contributed by atoms with van der Waals surface area (Å²) < 4.78 is 18.1. The van der Waals surface area contributed by atoms with Crippen molar-refractivity contribution in [3.63, 3.8) is 0 Å². The number of morpholine rings is 1. The topological polar surface area (TPSA) is 25.4 Å². The quantitative estimate of drug-likeness (QED) is 0.774. The molecule has 0 aliphatic carbocycles. The highest BCUT2D eigenvalue weighted by atomic mass is 19.1. The zero-order chi connectivity index (χ0) is 13.1. The largest absolute Gasteiger partial charge is 0.378 e. The normalized spacial score (nSPS) is 15.5. The van der Waals surface area contributed by atoms with Crippen molar-refractivity contribution in [3.8, 4) is 11.1 Å². The Morgan fingerprint density at radius 1 is 0.947 bits per heavy atom. The lowest BCUT2D eigenvalue weighted by Gasteiger charge is -2.28. The van der Waals surface area contributed by atoms with Gasteiger partial charge in [0.1, 0.15) is 0 Å². The van der Waals surface area contributed by atoms with Crippen molar-refractivity contribution in [1.82, 2.24) is 4.98 Å². The number of rotatable bonds is 2. The van der Waals surface area contributed by atoms with Gasteiger partial charge < -0.3 is 9.64 Å². The van der Waals surface area contributed by atoms with Crippen LogP contribution in [0.2, 0.25) is 0 Å². The second kappa shape index (κ2) is 5.36. The summed E-state index contributed by atoms with van der Waals surface area (Å²) >= 11 is 0. The summed E-state index contributed by atoms with van der Waals surface area (Å²) in [5.41, 5.74) is 3.17. The van der Waals surface area contributed by atoms with E-state index in [2.05, 4.69) is 22.0 Å². The number of ether oxygens (including phenoxy) is 1. The molecule has 0 radical (unpaired) electrons. The van der Waals surface area contributed by atoms with Gasteiger partial charge in [-0.3, -0.25) is 0 Å². The number of anilines is 1.